The molecule has 16 heteroatoms. The number of unbranched alkanes of at least 4 members (excludes halogenated alkanes) is 24. The van der Waals surface area contributed by atoms with Gasteiger partial charge in [0.2, 0.25) is 0 Å². The second kappa shape index (κ2) is 45.8. The Hall–Kier alpha value is -10.5. The molecule has 120 heavy (non-hydrogen) atoms. The highest BCUT2D eigenvalue weighted by molar-refractivity contribution is 6.21. The summed E-state index contributed by atoms with van der Waals surface area (Å²) in [6.45, 7) is 22.2. The molecule has 0 spiro atoms. The summed E-state index contributed by atoms with van der Waals surface area (Å²) in [5.41, 5.74) is 11.9. The van der Waals surface area contributed by atoms with Crippen LogP contribution in [0, 0.1) is 0 Å². The number of ether oxygens (including phenoxy) is 8. The van der Waals surface area contributed by atoms with Crippen molar-refractivity contribution in [3.8, 4) is 136 Å². The second-order valence-corrected chi connectivity index (χ2v) is 32.3. The summed E-state index contributed by atoms with van der Waals surface area (Å²) in [6, 6.07) is 50.4. The number of nitrogens with zero attached hydrogens (tertiary/aromatic N) is 6. The van der Waals surface area contributed by atoms with Crippen LogP contribution in [0.4, 0.5) is 0 Å². The van der Waals surface area contributed by atoms with Crippen LogP contribution >= 0.6 is 0 Å². The molecule has 0 fully saturated rings. The Kier molecular flexibility index (Phi) is 33.3. The van der Waals surface area contributed by atoms with Gasteiger partial charge in [-0.25, -0.2) is 29.9 Å². The van der Waals surface area contributed by atoms with E-state index in [9.17, 15) is 0 Å². The molecule has 16 nitrogen and oxygen atoms in total. The number of benzene rings is 8. The lowest BCUT2D eigenvalue weighted by molar-refractivity contribution is 0.292. The number of fused-ring (bicyclic) bond motifs is 20. The molecular formula is C104H130N8O8. The van der Waals surface area contributed by atoms with E-state index >= 15 is 0 Å². The SMILES string of the molecule is CCCCCCOc1cccc(OCCCCCC)c1-c1ccc(-c2c(OCCCCCC)cccc2OCCCCCC)c2c3nc4nc(nc5[nH]c(nc6nc(nc([nH]3)c12)-c1ccccc1-6)c1c(-c2c(OCCCCCC)cccc2OCCCCCC)ccc(-c2c(OCCCCCC)cccc2OCCCCCC)c51)-c1ccccc1-4. The van der Waals surface area contributed by atoms with Crippen LogP contribution < -0.4 is 37.9 Å². The van der Waals surface area contributed by atoms with Gasteiger partial charge in [-0.3, -0.25) is 0 Å². The van der Waals surface area contributed by atoms with E-state index in [-0.39, 0.29) is 0 Å². The summed E-state index contributed by atoms with van der Waals surface area (Å²) in [6.07, 6.45) is 33.6. The maximum atomic E-state index is 7.08. The fourth-order valence-corrected chi connectivity index (χ4v) is 16.5. The van der Waals surface area contributed by atoms with E-state index in [0.29, 0.717) is 145 Å². The molecule has 8 aromatic carbocycles. The third-order valence-corrected chi connectivity index (χ3v) is 23.0. The van der Waals surface area contributed by atoms with Crippen molar-refractivity contribution in [2.24, 2.45) is 0 Å². The first-order valence-electron chi connectivity index (χ1n) is 46.2. The fraction of sp³-hybridized carbons (Fsp3) is 0.462. The van der Waals surface area contributed by atoms with Crippen LogP contribution in [0.3, 0.4) is 0 Å². The van der Waals surface area contributed by atoms with Gasteiger partial charge >= 0.3 is 0 Å². The van der Waals surface area contributed by atoms with Crippen LogP contribution in [-0.2, 0) is 0 Å². The zero-order valence-corrected chi connectivity index (χ0v) is 73.1. The van der Waals surface area contributed by atoms with Crippen LogP contribution in [-0.4, -0.2) is 92.7 Å². The van der Waals surface area contributed by atoms with Crippen LogP contribution in [0.1, 0.15) is 261 Å². The van der Waals surface area contributed by atoms with Crippen molar-refractivity contribution < 1.29 is 37.9 Å². The van der Waals surface area contributed by atoms with Crippen molar-refractivity contribution in [3.05, 3.63) is 146 Å². The normalized spacial score (nSPS) is 11.7. The van der Waals surface area contributed by atoms with Crippen LogP contribution in [0.2, 0.25) is 0 Å². The molecule has 0 radical (unpaired) electrons. The van der Waals surface area contributed by atoms with E-state index in [1.165, 1.54) is 0 Å². The van der Waals surface area contributed by atoms with E-state index in [1.807, 2.05) is 0 Å². The van der Waals surface area contributed by atoms with Crippen molar-refractivity contribution in [1.82, 2.24) is 39.9 Å². The maximum Gasteiger partial charge on any atom is 0.164 e. The molecule has 0 atom stereocenters. The predicted molar refractivity (Wildman–Crippen MR) is 495 cm³/mol. The van der Waals surface area contributed by atoms with Gasteiger partial charge in [-0.1, -0.05) is 307 Å². The highest BCUT2D eigenvalue weighted by atomic mass is 16.5. The highest BCUT2D eigenvalue weighted by Crippen LogP contribution is 2.53. The van der Waals surface area contributed by atoms with E-state index in [0.717, 1.165) is 294 Å². The molecule has 0 unspecified atom stereocenters. The van der Waals surface area contributed by atoms with Gasteiger partial charge < -0.3 is 47.9 Å². The lowest BCUT2D eigenvalue weighted by Crippen LogP contribution is -2.04. The number of aromatic amines is 2. The molecule has 634 valence electrons. The molecule has 13 rings (SSSR count). The van der Waals surface area contributed by atoms with Gasteiger partial charge in [0, 0.05) is 66.1 Å². The largest absolute Gasteiger partial charge is 0.493 e. The van der Waals surface area contributed by atoms with Gasteiger partial charge in [0.1, 0.15) is 68.6 Å². The lowest BCUT2D eigenvalue weighted by atomic mass is 9.92. The van der Waals surface area contributed by atoms with Crippen molar-refractivity contribution in [2.45, 2.75) is 261 Å². The second-order valence-electron chi connectivity index (χ2n) is 32.3. The number of hydrogen-bond acceptors (Lipinski definition) is 14. The summed E-state index contributed by atoms with van der Waals surface area (Å²) in [4.78, 5) is 43.0. The summed E-state index contributed by atoms with van der Waals surface area (Å²) < 4.78 is 56.6. The number of aromatic nitrogens is 8. The Bertz CT molecular complexity index is 4530. The van der Waals surface area contributed by atoms with Crippen molar-refractivity contribution in [2.75, 3.05) is 52.9 Å². The Balaban J connectivity index is 1.19. The molecule has 2 N–H and O–H groups in total. The minimum Gasteiger partial charge on any atom is -0.493 e. The molecular weight excluding hydrogens is 1490 g/mol. The van der Waals surface area contributed by atoms with Crippen molar-refractivity contribution >= 4 is 44.1 Å². The van der Waals surface area contributed by atoms with Crippen LogP contribution in [0.15, 0.2) is 146 Å². The predicted octanol–water partition coefficient (Wildman–Crippen LogP) is 29.2. The molecule has 3 aromatic heterocycles. The van der Waals surface area contributed by atoms with Crippen molar-refractivity contribution in [3.63, 3.8) is 0 Å². The van der Waals surface area contributed by atoms with Gasteiger partial charge in [-0.2, -0.15) is 0 Å². The number of nitrogens with one attached hydrogen (secondary N) is 2. The van der Waals surface area contributed by atoms with Gasteiger partial charge in [-0.15, -0.1) is 0 Å². The molecule has 11 aromatic rings. The molecule has 0 aliphatic carbocycles. The lowest BCUT2D eigenvalue weighted by Gasteiger charge is -2.20. The Labute approximate surface area is 713 Å². The zero-order chi connectivity index (χ0) is 83.0. The molecule has 8 bridgehead atoms. The quantitative estimate of drug-likeness (QED) is 0.0343. The first-order valence-corrected chi connectivity index (χ1v) is 46.2. The van der Waals surface area contributed by atoms with Gasteiger partial charge in [0.05, 0.1) is 75.1 Å². The van der Waals surface area contributed by atoms with E-state index in [4.69, 9.17) is 67.8 Å². The fourth-order valence-electron chi connectivity index (χ4n) is 16.5. The Morgan fingerprint density at radius 2 is 0.358 bits per heavy atom. The topological polar surface area (TPSA) is 183 Å². The zero-order valence-electron chi connectivity index (χ0n) is 73.1. The van der Waals surface area contributed by atoms with Gasteiger partial charge in [0.25, 0.3) is 0 Å². The maximum absolute atomic E-state index is 7.08. The van der Waals surface area contributed by atoms with Gasteiger partial charge in [-0.05, 0) is 99.9 Å². The molecule has 0 amide bonds. The number of rotatable bonds is 52. The van der Waals surface area contributed by atoms with E-state index in [1.54, 1.807) is 0 Å². The first-order chi connectivity index (χ1) is 59.3. The van der Waals surface area contributed by atoms with Gasteiger partial charge in [0.15, 0.2) is 23.3 Å². The minimum atomic E-state index is 0.453. The average molecular weight is 1620 g/mol. The third kappa shape index (κ3) is 21.6. The smallest absolute Gasteiger partial charge is 0.164 e. The number of hydrogen-bond donors (Lipinski definition) is 2. The minimum absolute atomic E-state index is 0.453. The van der Waals surface area contributed by atoms with E-state index < -0.39 is 0 Å². The third-order valence-electron chi connectivity index (χ3n) is 23.0. The Morgan fingerprint density at radius 3 is 0.525 bits per heavy atom. The standard InChI is InChI=1S/C104H130N8O8/c1-9-17-25-37-65-113-81-53-45-54-82(114-66-38-26-18-10-2)89(81)77-61-62-78(90-83(115-67-39-27-19-11-3)55-46-56-84(90)116-68-40-28-20-12-4)94-93(77)101-107-97-73-49-33-34-50-74(73)99(105-97)109-103-95-79(91-85(117-69-41-29-21-13-5)57-47-58-86(91)118-70-42-30-22-14-6)63-64-80(92-87(119-71-43-31-23-15-7)59-48-60-88(92)120-72-44-32-24-16-8)96(95)104(112-103)110-100-76-52-36-35-51-75(76)98(106-100)108-102(94)111-101/h33-36,45-64H,9-32,37-44,65-72H2,1-8H3,(H2,105,106,107,108,109,110,111,112). The Morgan fingerprint density at radius 1 is 0.183 bits per heavy atom. The number of H-pyrrole nitrogens is 2. The molecule has 0 saturated heterocycles. The summed E-state index contributed by atoms with van der Waals surface area (Å²) in [7, 11) is 0. The molecule has 2 aliphatic heterocycles. The first kappa shape index (κ1) is 87.3. The van der Waals surface area contributed by atoms with Crippen LogP contribution in [0.25, 0.3) is 134 Å². The van der Waals surface area contributed by atoms with E-state index in [2.05, 4.69) is 211 Å². The van der Waals surface area contributed by atoms with Crippen molar-refractivity contribution in [1.29, 1.82) is 0 Å². The highest BCUT2D eigenvalue weighted by Gasteiger charge is 2.31. The summed E-state index contributed by atoms with van der Waals surface area (Å²) in [5, 5.41) is 3.08. The molecule has 2 aliphatic rings. The molecule has 0 saturated carbocycles. The monoisotopic (exact) mass is 1620 g/mol. The average Bonchev–Trinajstić information content (AvgIpc) is 1.53. The summed E-state index contributed by atoms with van der Waals surface area (Å²) >= 11 is 0. The molecule has 5 heterocycles. The van der Waals surface area contributed by atoms with Crippen LogP contribution in [0.5, 0.6) is 46.0 Å². The summed E-state index contributed by atoms with van der Waals surface area (Å²) in [5.74, 6) is 7.53.